The van der Waals surface area contributed by atoms with Crippen LogP contribution in [0.25, 0.3) is 0 Å². The van der Waals surface area contributed by atoms with Crippen LogP contribution in [0.1, 0.15) is 31.7 Å². The normalized spacial score (nSPS) is 20.8. The Morgan fingerprint density at radius 3 is 2.84 bits per heavy atom. The first-order valence-electron chi connectivity index (χ1n) is 6.63. The molecule has 1 amide bonds. The molecule has 1 N–H and O–H groups in total. The van der Waals surface area contributed by atoms with Crippen LogP contribution in [0, 0.1) is 24.2 Å². The van der Waals surface area contributed by atoms with E-state index in [-0.39, 0.29) is 5.91 Å². The third kappa shape index (κ3) is 3.03. The predicted octanol–water partition coefficient (Wildman–Crippen LogP) is 3.57. The van der Waals surface area contributed by atoms with Crippen molar-refractivity contribution in [3.8, 4) is 6.07 Å². The lowest BCUT2D eigenvalue weighted by molar-refractivity contribution is -0.112. The SMILES string of the molecule is Cc1cccc(NC(=O)/C(C#N)=C2\CCC[C@H]2C)c1. The lowest BCUT2D eigenvalue weighted by Gasteiger charge is -2.10. The summed E-state index contributed by atoms with van der Waals surface area (Å²) in [7, 11) is 0. The van der Waals surface area contributed by atoms with Gasteiger partial charge in [0.2, 0.25) is 0 Å². The second-order valence-electron chi connectivity index (χ2n) is 5.13. The minimum absolute atomic E-state index is 0.281. The van der Waals surface area contributed by atoms with E-state index in [4.69, 9.17) is 0 Å². The van der Waals surface area contributed by atoms with Gasteiger partial charge in [0, 0.05) is 5.69 Å². The number of hydrogen-bond donors (Lipinski definition) is 1. The fourth-order valence-electron chi connectivity index (χ4n) is 2.58. The van der Waals surface area contributed by atoms with Gasteiger partial charge in [0.15, 0.2) is 0 Å². The van der Waals surface area contributed by atoms with Crippen LogP contribution in [0.3, 0.4) is 0 Å². The number of anilines is 1. The summed E-state index contributed by atoms with van der Waals surface area (Å²) in [6.45, 7) is 4.05. The largest absolute Gasteiger partial charge is 0.321 e. The van der Waals surface area contributed by atoms with Crippen molar-refractivity contribution < 1.29 is 4.79 Å². The quantitative estimate of drug-likeness (QED) is 0.648. The van der Waals surface area contributed by atoms with Crippen LogP contribution in [0.5, 0.6) is 0 Å². The van der Waals surface area contributed by atoms with E-state index in [0.29, 0.717) is 11.5 Å². The molecule has 0 unspecified atom stereocenters. The molecule has 1 atom stereocenters. The van der Waals surface area contributed by atoms with Crippen molar-refractivity contribution >= 4 is 11.6 Å². The zero-order valence-corrected chi connectivity index (χ0v) is 11.4. The molecular formula is C16H18N2O. The Bertz CT molecular complexity index is 566. The van der Waals surface area contributed by atoms with Crippen LogP contribution in [0.2, 0.25) is 0 Å². The van der Waals surface area contributed by atoms with Crippen LogP contribution in [-0.2, 0) is 4.79 Å². The van der Waals surface area contributed by atoms with Gasteiger partial charge in [0.25, 0.3) is 5.91 Å². The highest BCUT2D eigenvalue weighted by molar-refractivity contribution is 6.07. The lowest BCUT2D eigenvalue weighted by atomic mass is 9.99. The number of allylic oxidation sites excluding steroid dienone is 1. The summed E-state index contributed by atoms with van der Waals surface area (Å²) in [5.74, 6) is 0.0646. The van der Waals surface area contributed by atoms with Crippen molar-refractivity contribution in [2.75, 3.05) is 5.32 Å². The van der Waals surface area contributed by atoms with Gasteiger partial charge in [-0.3, -0.25) is 4.79 Å². The number of hydrogen-bond acceptors (Lipinski definition) is 2. The van der Waals surface area contributed by atoms with Gasteiger partial charge in [-0.2, -0.15) is 5.26 Å². The Hall–Kier alpha value is -2.08. The molecule has 0 bridgehead atoms. The second-order valence-corrected chi connectivity index (χ2v) is 5.13. The van der Waals surface area contributed by atoms with Crippen molar-refractivity contribution in [3.63, 3.8) is 0 Å². The molecule has 2 rings (SSSR count). The van der Waals surface area contributed by atoms with Gasteiger partial charge < -0.3 is 5.32 Å². The minimum Gasteiger partial charge on any atom is -0.321 e. The number of carbonyl (C=O) groups is 1. The van der Waals surface area contributed by atoms with Crippen LogP contribution in [-0.4, -0.2) is 5.91 Å². The summed E-state index contributed by atoms with van der Waals surface area (Å²) in [6.07, 6.45) is 3.00. The molecule has 1 saturated carbocycles. The highest BCUT2D eigenvalue weighted by atomic mass is 16.1. The summed E-state index contributed by atoms with van der Waals surface area (Å²) >= 11 is 0. The number of nitrogens with zero attached hydrogens (tertiary/aromatic N) is 1. The van der Waals surface area contributed by atoms with Crippen LogP contribution < -0.4 is 5.32 Å². The first-order chi connectivity index (χ1) is 9.11. The van der Waals surface area contributed by atoms with Gasteiger partial charge in [-0.25, -0.2) is 0 Å². The van der Waals surface area contributed by atoms with Crippen molar-refractivity contribution in [1.29, 1.82) is 5.26 Å². The molecule has 3 heteroatoms. The molecule has 0 radical (unpaired) electrons. The maximum absolute atomic E-state index is 12.2. The molecule has 1 fully saturated rings. The second kappa shape index (κ2) is 5.71. The Labute approximate surface area is 113 Å². The van der Waals surface area contributed by atoms with Crippen LogP contribution >= 0.6 is 0 Å². The predicted molar refractivity (Wildman–Crippen MR) is 75.5 cm³/mol. The Balaban J connectivity index is 2.21. The molecule has 0 heterocycles. The fraction of sp³-hybridized carbons (Fsp3) is 0.375. The van der Waals surface area contributed by atoms with Gasteiger partial charge in [0.05, 0.1) is 0 Å². The molecule has 1 aliphatic carbocycles. The van der Waals surface area contributed by atoms with Crippen LogP contribution in [0.15, 0.2) is 35.4 Å². The van der Waals surface area contributed by atoms with Crippen molar-refractivity contribution in [3.05, 3.63) is 41.0 Å². The molecule has 98 valence electrons. The fourth-order valence-corrected chi connectivity index (χ4v) is 2.58. The Morgan fingerprint density at radius 1 is 1.47 bits per heavy atom. The lowest BCUT2D eigenvalue weighted by Crippen LogP contribution is -2.16. The molecule has 19 heavy (non-hydrogen) atoms. The number of carbonyl (C=O) groups excluding carboxylic acids is 1. The Kier molecular flexibility index (Phi) is 4.01. The molecule has 0 spiro atoms. The molecule has 1 aliphatic rings. The van der Waals surface area contributed by atoms with Gasteiger partial charge in [-0.15, -0.1) is 0 Å². The summed E-state index contributed by atoms with van der Waals surface area (Å²) in [5.41, 5.74) is 3.13. The van der Waals surface area contributed by atoms with Gasteiger partial charge in [-0.1, -0.05) is 19.1 Å². The number of rotatable bonds is 2. The van der Waals surface area contributed by atoms with E-state index < -0.39 is 0 Å². The number of nitriles is 1. The van der Waals surface area contributed by atoms with E-state index in [0.717, 1.165) is 36.1 Å². The van der Waals surface area contributed by atoms with Crippen molar-refractivity contribution in [2.45, 2.75) is 33.1 Å². The maximum atomic E-state index is 12.2. The molecule has 1 aromatic rings. The number of benzene rings is 1. The molecule has 1 aromatic carbocycles. The van der Waals surface area contributed by atoms with E-state index in [1.54, 1.807) is 0 Å². The third-order valence-corrected chi connectivity index (χ3v) is 3.61. The summed E-state index contributed by atoms with van der Waals surface area (Å²) in [4.78, 5) is 12.2. The number of amides is 1. The third-order valence-electron chi connectivity index (χ3n) is 3.61. The standard InChI is InChI=1S/C16H18N2O/c1-11-5-3-7-13(9-11)18-16(19)15(10-17)14-8-4-6-12(14)2/h3,5,7,9,12H,4,6,8H2,1-2H3,(H,18,19)/b15-14+/t12-/m1/s1. The monoisotopic (exact) mass is 254 g/mol. The zero-order chi connectivity index (χ0) is 13.8. The smallest absolute Gasteiger partial charge is 0.266 e. The molecule has 0 aliphatic heterocycles. The van der Waals surface area contributed by atoms with Gasteiger partial charge >= 0.3 is 0 Å². The first-order valence-corrected chi connectivity index (χ1v) is 6.63. The van der Waals surface area contributed by atoms with E-state index >= 15 is 0 Å². The van der Waals surface area contributed by atoms with Gasteiger partial charge in [0.1, 0.15) is 11.6 Å². The number of nitrogens with one attached hydrogen (secondary N) is 1. The minimum atomic E-state index is -0.281. The van der Waals surface area contributed by atoms with Crippen LogP contribution in [0.4, 0.5) is 5.69 Å². The average molecular weight is 254 g/mol. The highest BCUT2D eigenvalue weighted by Gasteiger charge is 2.24. The van der Waals surface area contributed by atoms with Gasteiger partial charge in [-0.05, 0) is 55.4 Å². The summed E-state index contributed by atoms with van der Waals surface area (Å²) < 4.78 is 0. The van der Waals surface area contributed by atoms with E-state index in [9.17, 15) is 10.1 Å². The maximum Gasteiger partial charge on any atom is 0.266 e. The Morgan fingerprint density at radius 2 is 2.26 bits per heavy atom. The molecular weight excluding hydrogens is 236 g/mol. The average Bonchev–Trinajstić information content (AvgIpc) is 2.77. The van der Waals surface area contributed by atoms with E-state index in [2.05, 4.69) is 18.3 Å². The first kappa shape index (κ1) is 13.4. The number of aryl methyl sites for hydroxylation is 1. The van der Waals surface area contributed by atoms with Crippen molar-refractivity contribution in [1.82, 2.24) is 0 Å². The summed E-state index contributed by atoms with van der Waals surface area (Å²) in [5, 5.41) is 12.1. The molecule has 0 aromatic heterocycles. The summed E-state index contributed by atoms with van der Waals surface area (Å²) in [6, 6.07) is 9.67. The van der Waals surface area contributed by atoms with E-state index in [1.165, 1.54) is 0 Å². The zero-order valence-electron chi connectivity index (χ0n) is 11.4. The van der Waals surface area contributed by atoms with Crippen molar-refractivity contribution in [2.24, 2.45) is 5.92 Å². The highest BCUT2D eigenvalue weighted by Crippen LogP contribution is 2.33. The molecule has 3 nitrogen and oxygen atoms in total. The molecule has 0 saturated heterocycles. The van der Waals surface area contributed by atoms with E-state index in [1.807, 2.05) is 31.2 Å². The topological polar surface area (TPSA) is 52.9 Å².